The molecule has 9 rings (SSSR count). The van der Waals surface area contributed by atoms with Crippen LogP contribution in [-0.2, 0) is 10.8 Å². The van der Waals surface area contributed by atoms with Crippen molar-refractivity contribution in [3.8, 4) is 11.1 Å². The molecule has 0 aliphatic heterocycles. The Morgan fingerprint density at radius 2 is 1.07 bits per heavy atom. The highest BCUT2D eigenvalue weighted by atomic mass is 16.3. The molecule has 8 aromatic rings. The van der Waals surface area contributed by atoms with Crippen LogP contribution in [0, 0.1) is 0 Å². The zero-order chi connectivity index (χ0) is 30.5. The fourth-order valence-corrected chi connectivity index (χ4v) is 7.59. The van der Waals surface area contributed by atoms with E-state index in [0.29, 0.717) is 0 Å². The van der Waals surface area contributed by atoms with Gasteiger partial charge in [0, 0.05) is 44.7 Å². The van der Waals surface area contributed by atoms with E-state index < -0.39 is 0 Å². The molecule has 3 heteroatoms. The van der Waals surface area contributed by atoms with Gasteiger partial charge in [-0.25, -0.2) is 0 Å². The Kier molecular flexibility index (Phi) is 5.30. The highest BCUT2D eigenvalue weighted by Gasteiger charge is 2.46. The summed E-state index contributed by atoms with van der Waals surface area (Å²) < 4.78 is 12.9. The predicted molar refractivity (Wildman–Crippen MR) is 187 cm³/mol. The van der Waals surface area contributed by atoms with Crippen molar-refractivity contribution in [1.29, 1.82) is 0 Å². The smallest absolute Gasteiger partial charge is 0.137 e. The van der Waals surface area contributed by atoms with Gasteiger partial charge in [0.15, 0.2) is 0 Å². The SMILES string of the molecule is CC1(C)c2ccccc2-c2c(ccc3oc4ccc(N(c5ccccc5)c5ccc6c(c5)oc5ccccc56)cc4c23)C1(C)C. The van der Waals surface area contributed by atoms with Crippen molar-refractivity contribution in [3.05, 3.63) is 139 Å². The Morgan fingerprint density at radius 3 is 1.93 bits per heavy atom. The Bertz CT molecular complexity index is 2440. The van der Waals surface area contributed by atoms with Gasteiger partial charge in [-0.05, 0) is 87.7 Å². The maximum Gasteiger partial charge on any atom is 0.137 e. The van der Waals surface area contributed by atoms with Gasteiger partial charge in [-0.15, -0.1) is 0 Å². The molecule has 0 N–H and O–H groups in total. The van der Waals surface area contributed by atoms with Crippen molar-refractivity contribution < 1.29 is 8.83 Å². The van der Waals surface area contributed by atoms with E-state index in [1.807, 2.05) is 12.1 Å². The summed E-state index contributed by atoms with van der Waals surface area (Å²) in [7, 11) is 0. The number of fused-ring (bicyclic) bond motifs is 10. The van der Waals surface area contributed by atoms with E-state index in [4.69, 9.17) is 8.83 Å². The zero-order valence-corrected chi connectivity index (χ0v) is 25.9. The minimum Gasteiger partial charge on any atom is -0.456 e. The third kappa shape index (κ3) is 3.58. The second-order valence-corrected chi connectivity index (χ2v) is 13.4. The van der Waals surface area contributed by atoms with Gasteiger partial charge in [0.1, 0.15) is 22.3 Å². The molecule has 0 amide bonds. The molecule has 0 saturated heterocycles. The summed E-state index contributed by atoms with van der Waals surface area (Å²) in [5.41, 5.74) is 12.0. The van der Waals surface area contributed by atoms with Crippen LogP contribution in [0.25, 0.3) is 55.0 Å². The molecule has 3 nitrogen and oxygen atoms in total. The molecule has 0 saturated carbocycles. The first-order valence-electron chi connectivity index (χ1n) is 15.7. The fourth-order valence-electron chi connectivity index (χ4n) is 7.59. The first-order chi connectivity index (χ1) is 21.8. The van der Waals surface area contributed by atoms with Crippen LogP contribution < -0.4 is 4.90 Å². The van der Waals surface area contributed by atoms with Crippen LogP contribution in [0.3, 0.4) is 0 Å². The van der Waals surface area contributed by atoms with Crippen LogP contribution >= 0.6 is 0 Å². The van der Waals surface area contributed by atoms with Crippen LogP contribution in [0.5, 0.6) is 0 Å². The lowest BCUT2D eigenvalue weighted by Crippen LogP contribution is -2.43. The maximum atomic E-state index is 6.56. The average molecular weight is 584 g/mol. The predicted octanol–water partition coefficient (Wildman–Crippen LogP) is 12.2. The Labute approximate surface area is 262 Å². The molecule has 1 aliphatic carbocycles. The number of para-hydroxylation sites is 2. The minimum absolute atomic E-state index is 0.0334. The van der Waals surface area contributed by atoms with E-state index in [1.54, 1.807) is 0 Å². The summed E-state index contributed by atoms with van der Waals surface area (Å²) >= 11 is 0. The third-order valence-corrected chi connectivity index (χ3v) is 10.6. The fraction of sp³-hybridized carbons (Fsp3) is 0.143. The van der Waals surface area contributed by atoms with Crippen LogP contribution in [0.15, 0.2) is 136 Å². The molecule has 0 atom stereocenters. The quantitative estimate of drug-likeness (QED) is 0.207. The van der Waals surface area contributed by atoms with Crippen molar-refractivity contribution in [2.24, 2.45) is 0 Å². The standard InChI is InChI=1S/C42H33NO2/c1-41(2)33-16-10-8-15-31(33)39-34(42(41,3)4)21-23-37-40(39)32-24-27(19-22-36(32)44-37)43(26-12-6-5-7-13-26)28-18-20-30-29-14-9-11-17-35(29)45-38(30)25-28/h5-25H,1-4H3. The molecule has 218 valence electrons. The van der Waals surface area contributed by atoms with Crippen molar-refractivity contribution >= 4 is 60.9 Å². The Hall–Kier alpha value is -5.28. The molecule has 2 aromatic heterocycles. The Morgan fingerprint density at radius 1 is 0.444 bits per heavy atom. The van der Waals surface area contributed by atoms with Gasteiger partial charge in [-0.2, -0.15) is 0 Å². The molecule has 2 heterocycles. The summed E-state index contributed by atoms with van der Waals surface area (Å²) in [5.74, 6) is 0. The first kappa shape index (κ1) is 26.2. The van der Waals surface area contributed by atoms with Gasteiger partial charge in [0.25, 0.3) is 0 Å². The molecule has 0 radical (unpaired) electrons. The second-order valence-electron chi connectivity index (χ2n) is 13.4. The summed E-state index contributed by atoms with van der Waals surface area (Å²) in [6, 6.07) is 45.3. The van der Waals surface area contributed by atoms with Crippen molar-refractivity contribution in [1.82, 2.24) is 0 Å². The van der Waals surface area contributed by atoms with E-state index in [1.165, 1.54) is 27.6 Å². The molecule has 1 aliphatic rings. The maximum absolute atomic E-state index is 6.56. The number of hydrogen-bond donors (Lipinski definition) is 0. The summed E-state index contributed by atoms with van der Waals surface area (Å²) in [6.07, 6.45) is 0. The third-order valence-electron chi connectivity index (χ3n) is 10.6. The van der Waals surface area contributed by atoms with Crippen molar-refractivity contribution in [2.75, 3.05) is 4.90 Å². The summed E-state index contributed by atoms with van der Waals surface area (Å²) in [5, 5.41) is 4.55. The van der Waals surface area contributed by atoms with Crippen LogP contribution in [0.4, 0.5) is 17.1 Å². The normalized spacial score (nSPS) is 15.0. The number of benzene rings is 6. The second kappa shape index (κ2) is 9.12. The Balaban J connectivity index is 1.31. The largest absolute Gasteiger partial charge is 0.456 e. The lowest BCUT2D eigenvalue weighted by Gasteiger charge is -2.48. The summed E-state index contributed by atoms with van der Waals surface area (Å²) in [4.78, 5) is 2.31. The van der Waals surface area contributed by atoms with Gasteiger partial charge >= 0.3 is 0 Å². The van der Waals surface area contributed by atoms with Gasteiger partial charge in [0.2, 0.25) is 0 Å². The van der Waals surface area contributed by atoms with Crippen molar-refractivity contribution in [2.45, 2.75) is 38.5 Å². The molecule has 0 bridgehead atoms. The first-order valence-corrected chi connectivity index (χ1v) is 15.7. The minimum atomic E-state index is -0.0792. The average Bonchev–Trinajstić information content (AvgIpc) is 3.62. The van der Waals surface area contributed by atoms with Crippen LogP contribution in [-0.4, -0.2) is 0 Å². The molecule has 0 unspecified atom stereocenters. The van der Waals surface area contributed by atoms with Crippen LogP contribution in [0.1, 0.15) is 38.8 Å². The van der Waals surface area contributed by atoms with Crippen molar-refractivity contribution in [3.63, 3.8) is 0 Å². The summed E-state index contributed by atoms with van der Waals surface area (Å²) in [6.45, 7) is 9.52. The van der Waals surface area contributed by atoms with Crippen LogP contribution in [0.2, 0.25) is 0 Å². The van der Waals surface area contributed by atoms with Gasteiger partial charge < -0.3 is 13.7 Å². The lowest BCUT2D eigenvalue weighted by molar-refractivity contribution is 0.299. The molecule has 6 aromatic carbocycles. The highest BCUT2D eigenvalue weighted by Crippen LogP contribution is 2.56. The number of furan rings is 2. The molecular weight excluding hydrogens is 550 g/mol. The van der Waals surface area contributed by atoms with Gasteiger partial charge in [0.05, 0.1) is 0 Å². The number of anilines is 3. The van der Waals surface area contributed by atoms with E-state index in [2.05, 4.69) is 148 Å². The number of hydrogen-bond acceptors (Lipinski definition) is 3. The molecule has 0 fully saturated rings. The van der Waals surface area contributed by atoms with E-state index in [9.17, 15) is 0 Å². The monoisotopic (exact) mass is 583 g/mol. The van der Waals surface area contributed by atoms with Gasteiger partial charge in [-0.3, -0.25) is 0 Å². The lowest BCUT2D eigenvalue weighted by atomic mass is 9.55. The van der Waals surface area contributed by atoms with Gasteiger partial charge in [-0.1, -0.05) is 94.4 Å². The number of nitrogens with zero attached hydrogens (tertiary/aromatic N) is 1. The zero-order valence-electron chi connectivity index (χ0n) is 25.9. The van der Waals surface area contributed by atoms with E-state index >= 15 is 0 Å². The number of rotatable bonds is 3. The van der Waals surface area contributed by atoms with E-state index in [0.717, 1.165) is 55.6 Å². The molecule has 45 heavy (non-hydrogen) atoms. The highest BCUT2D eigenvalue weighted by molar-refractivity contribution is 6.15. The molecule has 0 spiro atoms. The topological polar surface area (TPSA) is 29.5 Å². The van der Waals surface area contributed by atoms with E-state index in [-0.39, 0.29) is 10.8 Å². The molecular formula is C42H33NO2.